The van der Waals surface area contributed by atoms with E-state index in [1.165, 1.54) is 12.3 Å². The van der Waals surface area contributed by atoms with E-state index < -0.39 is 12.2 Å². The quantitative estimate of drug-likeness (QED) is 0.386. The van der Waals surface area contributed by atoms with Crippen molar-refractivity contribution in [3.05, 3.63) is 37.9 Å². The van der Waals surface area contributed by atoms with Crippen LogP contribution in [0.5, 0.6) is 0 Å². The molecule has 1 rings (SSSR count). The van der Waals surface area contributed by atoms with Gasteiger partial charge in [0.25, 0.3) is 0 Å². The molecule has 0 bridgehead atoms. The number of aromatic nitrogens is 1. The highest BCUT2D eigenvalue weighted by Crippen LogP contribution is 2.27. The predicted molar refractivity (Wildman–Crippen MR) is 61.9 cm³/mol. The normalized spacial score (nSPS) is 14.0. The zero-order chi connectivity index (χ0) is 12.1. The molecule has 1 aromatic rings. The molecule has 2 N–H and O–H groups in total. The van der Waals surface area contributed by atoms with Crippen LogP contribution < -0.4 is 0 Å². The van der Waals surface area contributed by atoms with Gasteiger partial charge in [-0.15, -0.1) is 0 Å². The molecular formula is C8H8BrClN4O2. The minimum Gasteiger partial charge on any atom is -0.390 e. The standard InChI is InChI=1S/C8H8BrClN4O2/c9-5-2-12-7(10)1-4(5)8(16)6(15)3-13-14-11/h1-2,6,8,15-16H,3H2. The number of hydrogen-bond donors (Lipinski definition) is 2. The minimum atomic E-state index is -1.19. The van der Waals surface area contributed by atoms with Crippen molar-refractivity contribution in [1.82, 2.24) is 4.98 Å². The summed E-state index contributed by atoms with van der Waals surface area (Å²) in [5.41, 5.74) is 8.48. The molecular weight excluding hydrogens is 299 g/mol. The molecule has 0 aliphatic rings. The summed E-state index contributed by atoms with van der Waals surface area (Å²) in [6.07, 6.45) is -0.965. The molecule has 1 aromatic heterocycles. The largest absolute Gasteiger partial charge is 0.390 e. The third-order valence-electron chi connectivity index (χ3n) is 1.87. The molecule has 6 nitrogen and oxygen atoms in total. The number of rotatable bonds is 4. The van der Waals surface area contributed by atoms with Crippen LogP contribution in [0.2, 0.25) is 5.15 Å². The first kappa shape index (κ1) is 13.2. The number of pyridine rings is 1. The van der Waals surface area contributed by atoms with Crippen molar-refractivity contribution in [1.29, 1.82) is 0 Å². The Hall–Kier alpha value is -0.850. The van der Waals surface area contributed by atoms with Crippen molar-refractivity contribution in [2.75, 3.05) is 6.54 Å². The summed E-state index contributed by atoms with van der Waals surface area (Å²) >= 11 is 8.84. The molecule has 1 heterocycles. The fraction of sp³-hybridized carbons (Fsp3) is 0.375. The van der Waals surface area contributed by atoms with Crippen molar-refractivity contribution in [2.24, 2.45) is 5.11 Å². The average molecular weight is 308 g/mol. The highest BCUT2D eigenvalue weighted by atomic mass is 79.9. The van der Waals surface area contributed by atoms with E-state index >= 15 is 0 Å². The van der Waals surface area contributed by atoms with Gasteiger partial charge in [0.1, 0.15) is 11.3 Å². The molecule has 0 saturated carbocycles. The van der Waals surface area contributed by atoms with Crippen LogP contribution in [0.1, 0.15) is 11.7 Å². The summed E-state index contributed by atoms with van der Waals surface area (Å²) in [6.45, 7) is -0.218. The van der Waals surface area contributed by atoms with Gasteiger partial charge < -0.3 is 10.2 Å². The van der Waals surface area contributed by atoms with E-state index in [-0.39, 0.29) is 11.7 Å². The van der Waals surface area contributed by atoms with E-state index in [0.717, 1.165) is 0 Å². The molecule has 0 fully saturated rings. The summed E-state index contributed by atoms with van der Waals surface area (Å²) in [5, 5.41) is 22.7. The van der Waals surface area contributed by atoms with Crippen LogP contribution in [0.4, 0.5) is 0 Å². The highest BCUT2D eigenvalue weighted by molar-refractivity contribution is 9.10. The molecule has 0 saturated heterocycles. The van der Waals surface area contributed by atoms with Crippen molar-refractivity contribution in [3.8, 4) is 0 Å². The number of hydrogen-bond acceptors (Lipinski definition) is 4. The van der Waals surface area contributed by atoms with Crippen LogP contribution in [0.3, 0.4) is 0 Å². The number of nitrogens with zero attached hydrogens (tertiary/aromatic N) is 4. The fourth-order valence-corrected chi connectivity index (χ4v) is 1.70. The van der Waals surface area contributed by atoms with E-state index in [2.05, 4.69) is 30.9 Å². The van der Waals surface area contributed by atoms with Crippen molar-refractivity contribution in [3.63, 3.8) is 0 Å². The molecule has 86 valence electrons. The zero-order valence-electron chi connectivity index (χ0n) is 7.96. The molecule has 0 amide bonds. The van der Waals surface area contributed by atoms with E-state index in [0.29, 0.717) is 10.0 Å². The Morgan fingerprint density at radius 1 is 1.62 bits per heavy atom. The van der Waals surface area contributed by atoms with Crippen LogP contribution in [0.15, 0.2) is 21.9 Å². The van der Waals surface area contributed by atoms with Crippen LogP contribution >= 0.6 is 27.5 Å². The predicted octanol–water partition coefficient (Wildman–Crippen LogP) is 2.20. The van der Waals surface area contributed by atoms with Crippen molar-refractivity contribution >= 4 is 27.5 Å². The third-order valence-corrected chi connectivity index (χ3v) is 2.74. The Labute approximate surface area is 105 Å². The van der Waals surface area contributed by atoms with Gasteiger partial charge in [-0.3, -0.25) is 0 Å². The molecule has 16 heavy (non-hydrogen) atoms. The summed E-state index contributed by atoms with van der Waals surface area (Å²) in [7, 11) is 0. The molecule has 2 unspecified atom stereocenters. The third kappa shape index (κ3) is 3.33. The summed E-state index contributed by atoms with van der Waals surface area (Å²) in [4.78, 5) is 6.28. The maximum atomic E-state index is 9.77. The smallest absolute Gasteiger partial charge is 0.129 e. The minimum absolute atomic E-state index is 0.202. The lowest BCUT2D eigenvalue weighted by atomic mass is 10.1. The second-order valence-corrected chi connectivity index (χ2v) is 4.20. The Kier molecular flexibility index (Phi) is 4.98. The molecule has 0 spiro atoms. The lowest BCUT2D eigenvalue weighted by Gasteiger charge is -2.17. The fourth-order valence-electron chi connectivity index (χ4n) is 1.08. The van der Waals surface area contributed by atoms with Gasteiger partial charge in [0.2, 0.25) is 0 Å². The maximum Gasteiger partial charge on any atom is 0.129 e. The second kappa shape index (κ2) is 6.03. The topological polar surface area (TPSA) is 102 Å². The van der Waals surface area contributed by atoms with Crippen molar-refractivity contribution < 1.29 is 10.2 Å². The van der Waals surface area contributed by atoms with Gasteiger partial charge >= 0.3 is 0 Å². The van der Waals surface area contributed by atoms with Crippen LogP contribution in [-0.4, -0.2) is 27.8 Å². The SMILES string of the molecule is [N-]=[N+]=NCC(O)C(O)c1cc(Cl)ncc1Br. The first-order chi connectivity index (χ1) is 7.56. The lowest BCUT2D eigenvalue weighted by Crippen LogP contribution is -2.21. The number of aliphatic hydroxyl groups excluding tert-OH is 2. The van der Waals surface area contributed by atoms with E-state index in [1.54, 1.807) is 0 Å². The molecule has 0 aliphatic heterocycles. The molecule has 8 heteroatoms. The first-order valence-corrected chi connectivity index (χ1v) is 5.41. The van der Waals surface area contributed by atoms with E-state index in [4.69, 9.17) is 17.1 Å². The van der Waals surface area contributed by atoms with Crippen LogP contribution in [-0.2, 0) is 0 Å². The van der Waals surface area contributed by atoms with Gasteiger partial charge in [0, 0.05) is 21.1 Å². The number of azide groups is 1. The second-order valence-electron chi connectivity index (χ2n) is 2.95. The number of aliphatic hydroxyl groups is 2. The van der Waals surface area contributed by atoms with E-state index in [1.807, 2.05) is 0 Å². The molecule has 0 radical (unpaired) electrons. The molecule has 0 aliphatic carbocycles. The monoisotopic (exact) mass is 306 g/mol. The summed E-state index contributed by atoms with van der Waals surface area (Å²) < 4.78 is 0.518. The van der Waals surface area contributed by atoms with Gasteiger partial charge in [0.05, 0.1) is 12.6 Å². The van der Waals surface area contributed by atoms with Gasteiger partial charge in [-0.1, -0.05) is 16.7 Å². The highest BCUT2D eigenvalue weighted by Gasteiger charge is 2.20. The first-order valence-electron chi connectivity index (χ1n) is 4.24. The zero-order valence-corrected chi connectivity index (χ0v) is 10.3. The van der Waals surface area contributed by atoms with Gasteiger partial charge in [-0.05, 0) is 27.5 Å². The van der Waals surface area contributed by atoms with Crippen LogP contribution in [0, 0.1) is 0 Å². The van der Waals surface area contributed by atoms with Crippen LogP contribution in [0.25, 0.3) is 10.4 Å². The maximum absolute atomic E-state index is 9.77. The van der Waals surface area contributed by atoms with Gasteiger partial charge in [0.15, 0.2) is 0 Å². The van der Waals surface area contributed by atoms with Crippen molar-refractivity contribution in [2.45, 2.75) is 12.2 Å². The molecule has 0 aromatic carbocycles. The Morgan fingerprint density at radius 2 is 2.31 bits per heavy atom. The lowest BCUT2D eigenvalue weighted by molar-refractivity contribution is 0.0239. The van der Waals surface area contributed by atoms with E-state index in [9.17, 15) is 10.2 Å². The molecule has 2 atom stereocenters. The Morgan fingerprint density at radius 3 is 2.94 bits per heavy atom. The number of halogens is 2. The Balaban J connectivity index is 2.90. The average Bonchev–Trinajstić information content (AvgIpc) is 2.28. The Bertz CT molecular complexity index is 424. The van der Waals surface area contributed by atoms with Gasteiger partial charge in [-0.2, -0.15) is 0 Å². The summed E-state index contributed by atoms with van der Waals surface area (Å²) in [5.74, 6) is 0. The summed E-state index contributed by atoms with van der Waals surface area (Å²) in [6, 6.07) is 1.43. The van der Waals surface area contributed by atoms with Gasteiger partial charge in [-0.25, -0.2) is 4.98 Å².